The number of halogens is 1. The SMILES string of the molecule is Cc1ccc(NC(=O)NCc2nc(-c3ccccc3C)oc2C)cc1F. The van der Waals surface area contributed by atoms with Crippen molar-refractivity contribution in [2.45, 2.75) is 27.3 Å². The van der Waals surface area contributed by atoms with E-state index in [4.69, 9.17) is 4.42 Å². The predicted octanol–water partition coefficient (Wildman–Crippen LogP) is 4.73. The third-order valence-corrected chi connectivity index (χ3v) is 4.11. The minimum Gasteiger partial charge on any atom is -0.441 e. The second kappa shape index (κ2) is 7.39. The molecule has 0 aliphatic rings. The molecule has 3 aromatic rings. The molecule has 134 valence electrons. The Balaban J connectivity index is 1.65. The molecule has 6 heteroatoms. The number of hydrogen-bond donors (Lipinski definition) is 2. The van der Waals surface area contributed by atoms with Crippen molar-refractivity contribution in [3.05, 3.63) is 70.9 Å². The number of aromatic nitrogens is 1. The molecule has 0 radical (unpaired) electrons. The highest BCUT2D eigenvalue weighted by Crippen LogP contribution is 2.24. The maximum atomic E-state index is 13.5. The van der Waals surface area contributed by atoms with Crippen LogP contribution in [0.5, 0.6) is 0 Å². The zero-order valence-electron chi connectivity index (χ0n) is 14.9. The van der Waals surface area contributed by atoms with Gasteiger partial charge in [-0.2, -0.15) is 0 Å². The van der Waals surface area contributed by atoms with E-state index in [1.165, 1.54) is 6.07 Å². The first kappa shape index (κ1) is 17.7. The highest BCUT2D eigenvalue weighted by Gasteiger charge is 2.14. The first-order chi connectivity index (χ1) is 12.4. The number of anilines is 1. The number of oxazole rings is 1. The Kier molecular flexibility index (Phi) is 5.02. The lowest BCUT2D eigenvalue weighted by molar-refractivity contribution is 0.251. The van der Waals surface area contributed by atoms with Crippen LogP contribution in [0.3, 0.4) is 0 Å². The average Bonchev–Trinajstić information content (AvgIpc) is 2.97. The van der Waals surface area contributed by atoms with E-state index < -0.39 is 6.03 Å². The quantitative estimate of drug-likeness (QED) is 0.713. The largest absolute Gasteiger partial charge is 0.441 e. The molecule has 0 bridgehead atoms. The zero-order chi connectivity index (χ0) is 18.7. The molecule has 26 heavy (non-hydrogen) atoms. The number of hydrogen-bond acceptors (Lipinski definition) is 3. The number of nitrogens with one attached hydrogen (secondary N) is 2. The van der Waals surface area contributed by atoms with E-state index in [0.717, 1.165) is 11.1 Å². The number of rotatable bonds is 4. The summed E-state index contributed by atoms with van der Waals surface area (Å²) >= 11 is 0. The number of benzene rings is 2. The van der Waals surface area contributed by atoms with Crippen LogP contribution in [0.2, 0.25) is 0 Å². The summed E-state index contributed by atoms with van der Waals surface area (Å²) in [7, 11) is 0. The van der Waals surface area contributed by atoms with Crippen molar-refractivity contribution in [2.75, 3.05) is 5.32 Å². The van der Waals surface area contributed by atoms with Gasteiger partial charge in [-0.1, -0.05) is 24.3 Å². The fraction of sp³-hybridized carbons (Fsp3) is 0.200. The van der Waals surface area contributed by atoms with Gasteiger partial charge < -0.3 is 15.1 Å². The Morgan fingerprint density at radius 1 is 1.12 bits per heavy atom. The van der Waals surface area contributed by atoms with Crippen molar-refractivity contribution < 1.29 is 13.6 Å². The van der Waals surface area contributed by atoms with Crippen LogP contribution in [-0.4, -0.2) is 11.0 Å². The number of nitrogens with zero attached hydrogens (tertiary/aromatic N) is 1. The molecule has 0 aliphatic heterocycles. The molecule has 3 rings (SSSR count). The molecule has 0 unspecified atom stereocenters. The summed E-state index contributed by atoms with van der Waals surface area (Å²) < 4.78 is 19.3. The molecule has 1 heterocycles. The average molecular weight is 353 g/mol. The summed E-state index contributed by atoms with van der Waals surface area (Å²) in [6.07, 6.45) is 0. The Hall–Kier alpha value is -3.15. The smallest absolute Gasteiger partial charge is 0.319 e. The maximum absolute atomic E-state index is 13.5. The molecule has 2 aromatic carbocycles. The summed E-state index contributed by atoms with van der Waals surface area (Å²) in [5.41, 5.74) is 3.54. The fourth-order valence-electron chi connectivity index (χ4n) is 2.53. The molecule has 1 aromatic heterocycles. The molecule has 0 saturated carbocycles. The van der Waals surface area contributed by atoms with Gasteiger partial charge in [0.05, 0.1) is 6.54 Å². The van der Waals surface area contributed by atoms with E-state index in [9.17, 15) is 9.18 Å². The van der Waals surface area contributed by atoms with Crippen molar-refractivity contribution in [1.29, 1.82) is 0 Å². The fourth-order valence-corrected chi connectivity index (χ4v) is 2.53. The molecule has 0 saturated heterocycles. The van der Waals surface area contributed by atoms with E-state index in [1.807, 2.05) is 31.2 Å². The van der Waals surface area contributed by atoms with Crippen LogP contribution in [0.1, 0.15) is 22.6 Å². The van der Waals surface area contributed by atoms with Gasteiger partial charge in [-0.05, 0) is 50.1 Å². The van der Waals surface area contributed by atoms with Gasteiger partial charge in [0.25, 0.3) is 0 Å². The lowest BCUT2D eigenvalue weighted by Gasteiger charge is -2.07. The minimum absolute atomic E-state index is 0.210. The van der Waals surface area contributed by atoms with Gasteiger partial charge >= 0.3 is 6.03 Å². The standard InChI is InChI=1S/C20H20FN3O2/c1-12-6-4-5-7-16(12)19-24-18(14(3)26-19)11-22-20(25)23-15-9-8-13(2)17(21)10-15/h4-10H,11H2,1-3H3,(H2,22,23,25). The molecular formula is C20H20FN3O2. The van der Waals surface area contributed by atoms with Crippen LogP contribution in [0.15, 0.2) is 46.9 Å². The van der Waals surface area contributed by atoms with Crippen LogP contribution in [-0.2, 0) is 6.54 Å². The number of aryl methyl sites for hydroxylation is 3. The summed E-state index contributed by atoms with van der Waals surface area (Å²) in [5, 5.41) is 5.31. The van der Waals surface area contributed by atoms with Crippen LogP contribution < -0.4 is 10.6 Å². The molecule has 0 spiro atoms. The maximum Gasteiger partial charge on any atom is 0.319 e. The summed E-state index contributed by atoms with van der Waals surface area (Å²) in [5.74, 6) is 0.807. The van der Waals surface area contributed by atoms with E-state index in [0.29, 0.717) is 28.6 Å². The third kappa shape index (κ3) is 3.91. The van der Waals surface area contributed by atoms with Crippen molar-refractivity contribution in [3.63, 3.8) is 0 Å². The third-order valence-electron chi connectivity index (χ3n) is 4.11. The first-order valence-electron chi connectivity index (χ1n) is 8.27. The topological polar surface area (TPSA) is 67.2 Å². The molecule has 0 atom stereocenters. The van der Waals surface area contributed by atoms with Crippen molar-refractivity contribution >= 4 is 11.7 Å². The lowest BCUT2D eigenvalue weighted by Crippen LogP contribution is -2.28. The van der Waals surface area contributed by atoms with E-state index in [-0.39, 0.29) is 12.4 Å². The molecule has 2 N–H and O–H groups in total. The van der Waals surface area contributed by atoms with Gasteiger partial charge in [0.2, 0.25) is 5.89 Å². The molecule has 0 aliphatic carbocycles. The molecule has 0 fully saturated rings. The lowest BCUT2D eigenvalue weighted by atomic mass is 10.1. The molecule has 5 nitrogen and oxygen atoms in total. The van der Waals surface area contributed by atoms with E-state index in [2.05, 4.69) is 15.6 Å². The minimum atomic E-state index is -0.437. The number of carbonyl (C=O) groups is 1. The predicted molar refractivity (Wildman–Crippen MR) is 98.4 cm³/mol. The monoisotopic (exact) mass is 353 g/mol. The van der Waals surface area contributed by atoms with Crippen molar-refractivity contribution in [2.24, 2.45) is 0 Å². The summed E-state index contributed by atoms with van der Waals surface area (Å²) in [4.78, 5) is 16.5. The Morgan fingerprint density at radius 3 is 2.62 bits per heavy atom. The van der Waals surface area contributed by atoms with E-state index >= 15 is 0 Å². The highest BCUT2D eigenvalue weighted by atomic mass is 19.1. The zero-order valence-corrected chi connectivity index (χ0v) is 14.9. The van der Waals surface area contributed by atoms with E-state index in [1.54, 1.807) is 26.0 Å². The van der Waals surface area contributed by atoms with Crippen molar-refractivity contribution in [3.8, 4) is 11.5 Å². The second-order valence-electron chi connectivity index (χ2n) is 6.11. The van der Waals surface area contributed by atoms with Gasteiger partial charge in [-0.15, -0.1) is 0 Å². The number of amides is 2. The van der Waals surface area contributed by atoms with Crippen LogP contribution >= 0.6 is 0 Å². The second-order valence-corrected chi connectivity index (χ2v) is 6.11. The Bertz CT molecular complexity index is 950. The van der Waals surface area contributed by atoms with Crippen LogP contribution in [0.25, 0.3) is 11.5 Å². The Labute approximate surface area is 151 Å². The van der Waals surface area contributed by atoms with Gasteiger partial charge in [0, 0.05) is 11.3 Å². The number of urea groups is 1. The molecule has 2 amide bonds. The van der Waals surface area contributed by atoms with Crippen molar-refractivity contribution in [1.82, 2.24) is 10.3 Å². The summed E-state index contributed by atoms with van der Waals surface area (Å²) in [6.45, 7) is 5.67. The van der Waals surface area contributed by atoms with Crippen LogP contribution in [0.4, 0.5) is 14.9 Å². The van der Waals surface area contributed by atoms with Gasteiger partial charge in [0.15, 0.2) is 0 Å². The van der Waals surface area contributed by atoms with Gasteiger partial charge in [-0.3, -0.25) is 0 Å². The first-order valence-corrected chi connectivity index (χ1v) is 8.27. The number of carbonyl (C=O) groups excluding carboxylic acids is 1. The highest BCUT2D eigenvalue weighted by molar-refractivity contribution is 5.89. The Morgan fingerprint density at radius 2 is 1.88 bits per heavy atom. The van der Waals surface area contributed by atoms with Crippen LogP contribution in [0, 0.1) is 26.6 Å². The summed E-state index contributed by atoms with van der Waals surface area (Å²) in [6, 6.07) is 11.9. The normalized spacial score (nSPS) is 10.6. The van der Waals surface area contributed by atoms with Gasteiger partial charge in [-0.25, -0.2) is 14.2 Å². The van der Waals surface area contributed by atoms with Gasteiger partial charge in [0.1, 0.15) is 17.3 Å². The molecular weight excluding hydrogens is 333 g/mol.